The zero-order valence-electron chi connectivity index (χ0n) is 19.9. The highest BCUT2D eigenvalue weighted by atomic mass is 19.4. The number of amides is 1. The maximum atomic E-state index is 12.4. The number of carbonyl (C=O) groups excluding carboxylic acids is 1. The minimum atomic E-state index is -4.58. The number of aliphatic carboxylic acids is 1. The van der Waals surface area contributed by atoms with Crippen molar-refractivity contribution >= 4 is 12.1 Å². The molecular weight excluding hydrogens is 455 g/mol. The zero-order valence-corrected chi connectivity index (χ0v) is 19.9. The summed E-state index contributed by atoms with van der Waals surface area (Å²) in [6, 6.07) is 6.77. The molecule has 0 radical (unpaired) electrons. The normalized spacial score (nSPS) is 12.3. The van der Waals surface area contributed by atoms with Crippen LogP contribution in [0.1, 0.15) is 57.9 Å². The van der Waals surface area contributed by atoms with Crippen LogP contribution < -0.4 is 4.74 Å². The lowest BCUT2D eigenvalue weighted by Crippen LogP contribution is -2.37. The minimum absolute atomic E-state index is 0.0764. The third kappa shape index (κ3) is 13.3. The number of hydrogen-bond donors (Lipinski definition) is 1. The van der Waals surface area contributed by atoms with Crippen LogP contribution in [0.5, 0.6) is 5.75 Å². The van der Waals surface area contributed by atoms with Gasteiger partial charge in [0.25, 0.3) is 0 Å². The van der Waals surface area contributed by atoms with Crippen LogP contribution in [0.15, 0.2) is 24.3 Å². The van der Waals surface area contributed by atoms with Crippen molar-refractivity contribution in [3.8, 4) is 5.75 Å². The van der Waals surface area contributed by atoms with Crippen LogP contribution in [0, 0.1) is 0 Å². The molecule has 194 valence electrons. The third-order valence-corrected chi connectivity index (χ3v) is 5.02. The fraction of sp³-hybridized carbons (Fsp3) is 0.667. The molecule has 0 aliphatic heterocycles. The van der Waals surface area contributed by atoms with Gasteiger partial charge in [-0.25, -0.2) is 9.59 Å². The summed E-state index contributed by atoms with van der Waals surface area (Å²) < 4.78 is 52.5. The van der Waals surface area contributed by atoms with E-state index in [1.807, 2.05) is 0 Å². The first kappa shape index (κ1) is 29.5. The highest BCUT2D eigenvalue weighted by Crippen LogP contribution is 2.17. The van der Waals surface area contributed by atoms with Gasteiger partial charge >= 0.3 is 18.2 Å². The maximum Gasteiger partial charge on any atom is 0.422 e. The quantitative estimate of drug-likeness (QED) is 0.291. The number of alkyl halides is 3. The van der Waals surface area contributed by atoms with Gasteiger partial charge < -0.3 is 24.2 Å². The number of ether oxygens (including phenoxy) is 3. The number of carbonyl (C=O) groups is 2. The molecular formula is C24H36F3NO6. The summed E-state index contributed by atoms with van der Waals surface area (Å²) in [5.41, 5.74) is 0.758. The Kier molecular flexibility index (Phi) is 14.1. The second-order valence-corrected chi connectivity index (χ2v) is 7.90. The van der Waals surface area contributed by atoms with E-state index in [2.05, 4.69) is 11.7 Å². The van der Waals surface area contributed by atoms with E-state index in [0.717, 1.165) is 37.7 Å². The predicted molar refractivity (Wildman–Crippen MR) is 121 cm³/mol. The molecule has 0 saturated carbocycles. The Morgan fingerprint density at radius 2 is 1.65 bits per heavy atom. The number of benzene rings is 1. The van der Waals surface area contributed by atoms with Gasteiger partial charge in [-0.05, 0) is 31.0 Å². The molecule has 0 saturated heterocycles. The molecule has 1 aromatic carbocycles. The first-order valence-corrected chi connectivity index (χ1v) is 11.7. The van der Waals surface area contributed by atoms with Crippen molar-refractivity contribution in [3.05, 3.63) is 29.8 Å². The van der Waals surface area contributed by atoms with E-state index in [1.54, 1.807) is 31.2 Å². The summed E-state index contributed by atoms with van der Waals surface area (Å²) in [6.07, 6.45) is -0.431. The second kappa shape index (κ2) is 16.2. The Morgan fingerprint density at radius 1 is 1.00 bits per heavy atom. The predicted octanol–water partition coefficient (Wildman–Crippen LogP) is 5.46. The first-order valence-electron chi connectivity index (χ1n) is 11.7. The van der Waals surface area contributed by atoms with Gasteiger partial charge in [0, 0.05) is 19.6 Å². The van der Waals surface area contributed by atoms with Crippen molar-refractivity contribution < 1.29 is 42.1 Å². The van der Waals surface area contributed by atoms with Crippen molar-refractivity contribution in [2.75, 3.05) is 32.9 Å². The number of nitrogens with zero attached hydrogens (tertiary/aromatic N) is 1. The van der Waals surface area contributed by atoms with E-state index in [9.17, 15) is 27.9 Å². The minimum Gasteiger partial charge on any atom is -0.492 e. The Labute approximate surface area is 199 Å². The largest absolute Gasteiger partial charge is 0.492 e. The van der Waals surface area contributed by atoms with Crippen LogP contribution in [0.4, 0.5) is 18.0 Å². The summed E-state index contributed by atoms with van der Waals surface area (Å²) in [7, 11) is 0. The molecule has 1 N–H and O–H groups in total. The van der Waals surface area contributed by atoms with Gasteiger partial charge in [-0.2, -0.15) is 13.2 Å². The fourth-order valence-corrected chi connectivity index (χ4v) is 3.24. The number of unbranched alkanes of at least 4 members (excludes halogenated alkanes) is 5. The molecule has 0 aromatic heterocycles. The lowest BCUT2D eigenvalue weighted by atomic mass is 10.1. The molecule has 34 heavy (non-hydrogen) atoms. The van der Waals surface area contributed by atoms with Gasteiger partial charge in [0.1, 0.15) is 12.4 Å². The van der Waals surface area contributed by atoms with Crippen molar-refractivity contribution in [1.29, 1.82) is 0 Å². The smallest absolute Gasteiger partial charge is 0.422 e. The van der Waals surface area contributed by atoms with Gasteiger partial charge in [0.15, 0.2) is 12.7 Å². The highest BCUT2D eigenvalue weighted by Gasteiger charge is 2.30. The molecule has 0 bridgehead atoms. The Balaban J connectivity index is 2.56. The summed E-state index contributed by atoms with van der Waals surface area (Å²) in [6.45, 7) is 2.95. The number of hydrogen-bond acceptors (Lipinski definition) is 5. The number of halogens is 3. The molecule has 1 aromatic rings. The zero-order chi connectivity index (χ0) is 25.4. The highest BCUT2D eigenvalue weighted by molar-refractivity contribution is 5.72. The SMILES string of the molecule is CCCCCCCCN(CCOc1ccc(CC(OCC)C(=O)O)cc1)C(=O)OCC(F)(F)F. The number of carboxylic acid groups (broad SMARTS) is 1. The van der Waals surface area contributed by atoms with Gasteiger partial charge in [-0.3, -0.25) is 0 Å². The fourth-order valence-electron chi connectivity index (χ4n) is 3.24. The molecule has 10 heteroatoms. The Bertz CT molecular complexity index is 712. The molecule has 1 rings (SSSR count). The van der Waals surface area contributed by atoms with Crippen LogP contribution in [-0.2, 0) is 20.7 Å². The maximum absolute atomic E-state index is 12.4. The lowest BCUT2D eigenvalue weighted by Gasteiger charge is -2.22. The molecule has 0 heterocycles. The molecule has 0 spiro atoms. The molecule has 1 amide bonds. The second-order valence-electron chi connectivity index (χ2n) is 7.90. The van der Waals surface area contributed by atoms with Gasteiger partial charge in [0.05, 0.1) is 6.54 Å². The average molecular weight is 492 g/mol. The number of rotatable bonds is 17. The Hall–Kier alpha value is -2.49. The number of carboxylic acids is 1. The van der Waals surface area contributed by atoms with E-state index in [1.165, 1.54) is 4.90 Å². The molecule has 0 fully saturated rings. The molecule has 1 unspecified atom stereocenters. The van der Waals surface area contributed by atoms with E-state index >= 15 is 0 Å². The van der Waals surface area contributed by atoms with E-state index < -0.39 is 30.9 Å². The van der Waals surface area contributed by atoms with E-state index in [4.69, 9.17) is 9.47 Å². The van der Waals surface area contributed by atoms with Gasteiger partial charge in [-0.1, -0.05) is 51.2 Å². The van der Waals surface area contributed by atoms with Crippen molar-refractivity contribution in [3.63, 3.8) is 0 Å². The first-order chi connectivity index (χ1) is 16.2. The summed E-state index contributed by atoms with van der Waals surface area (Å²) in [4.78, 5) is 24.6. The van der Waals surface area contributed by atoms with Crippen molar-refractivity contribution in [2.45, 2.75) is 71.1 Å². The van der Waals surface area contributed by atoms with Crippen LogP contribution in [0.25, 0.3) is 0 Å². The summed E-state index contributed by atoms with van der Waals surface area (Å²) >= 11 is 0. The summed E-state index contributed by atoms with van der Waals surface area (Å²) in [5, 5.41) is 9.18. The van der Waals surface area contributed by atoms with E-state index in [0.29, 0.717) is 25.3 Å². The summed E-state index contributed by atoms with van der Waals surface area (Å²) in [5.74, 6) is -0.541. The standard InChI is InChI=1S/C24H36F3NO6/c1-3-5-6-7-8-9-14-28(23(31)34-18-24(25,26)27)15-16-33-20-12-10-19(11-13-20)17-21(22(29)30)32-4-2/h10-13,21H,3-9,14-18H2,1-2H3,(H,29,30). The van der Waals surface area contributed by atoms with Crippen LogP contribution in [-0.4, -0.2) is 67.3 Å². The molecule has 0 aliphatic rings. The molecule has 7 nitrogen and oxygen atoms in total. The van der Waals surface area contributed by atoms with E-state index in [-0.39, 0.29) is 19.6 Å². The molecule has 1 atom stereocenters. The van der Waals surface area contributed by atoms with Gasteiger partial charge in [-0.15, -0.1) is 0 Å². The van der Waals surface area contributed by atoms with Crippen molar-refractivity contribution in [1.82, 2.24) is 4.90 Å². The van der Waals surface area contributed by atoms with Crippen LogP contribution in [0.3, 0.4) is 0 Å². The lowest BCUT2D eigenvalue weighted by molar-refractivity contribution is -0.162. The topological polar surface area (TPSA) is 85.3 Å². The van der Waals surface area contributed by atoms with Gasteiger partial charge in [0.2, 0.25) is 0 Å². The third-order valence-electron chi connectivity index (χ3n) is 5.02. The van der Waals surface area contributed by atoms with Crippen LogP contribution in [0.2, 0.25) is 0 Å². The van der Waals surface area contributed by atoms with Crippen LogP contribution >= 0.6 is 0 Å². The van der Waals surface area contributed by atoms with Crippen molar-refractivity contribution in [2.24, 2.45) is 0 Å². The Morgan fingerprint density at radius 3 is 2.24 bits per heavy atom. The monoisotopic (exact) mass is 491 g/mol. The molecule has 0 aliphatic carbocycles. The average Bonchev–Trinajstić information content (AvgIpc) is 2.78.